The van der Waals surface area contributed by atoms with Gasteiger partial charge in [-0.05, 0) is 49.9 Å². The average Bonchev–Trinajstić information content (AvgIpc) is 3.43. The second-order valence-corrected chi connectivity index (χ2v) is 23.9. The Morgan fingerprint density at radius 2 is 0.468 bits per heavy atom. The van der Waals surface area contributed by atoms with Crippen LogP contribution >= 0.6 is 0 Å². The summed E-state index contributed by atoms with van der Waals surface area (Å²) >= 11 is 0. The van der Waals surface area contributed by atoms with E-state index in [-0.39, 0.29) is 86.0 Å². The maximum Gasteiger partial charge on any atom is 2.00 e. The molecule has 2 aromatic carbocycles. The van der Waals surface area contributed by atoms with Gasteiger partial charge in [0.2, 0.25) is 0 Å². The molecule has 0 amide bonds. The molecular formula is C62H102CaO14S2. The SMILES string of the molecule is CCCCCCCCCCCCCCCCCCCCOC(=O)c1ccccc1C(=O)OCCCS(=O)(=O)[O-].CCCCCCCCCCCCCCCCCCCCOC(=O)c1ccccc1C(=O)OCCCS(=O)(=O)[O-].[Ca+2]. The van der Waals surface area contributed by atoms with Gasteiger partial charge in [0.15, 0.2) is 0 Å². The maximum absolute atomic E-state index is 12.5. The summed E-state index contributed by atoms with van der Waals surface area (Å²) in [5, 5.41) is 0. The van der Waals surface area contributed by atoms with Crippen molar-refractivity contribution in [2.45, 2.75) is 258 Å². The summed E-state index contributed by atoms with van der Waals surface area (Å²) in [6.07, 6.45) is 46.3. The van der Waals surface area contributed by atoms with Crippen molar-refractivity contribution < 1.29 is 64.1 Å². The molecule has 17 heteroatoms. The Balaban J connectivity index is 0.00000152. The molecule has 0 atom stereocenters. The van der Waals surface area contributed by atoms with Gasteiger partial charge in [0.1, 0.15) is 0 Å². The number of carbonyl (C=O) groups excluding carboxylic acids is 4. The van der Waals surface area contributed by atoms with Gasteiger partial charge < -0.3 is 28.1 Å². The summed E-state index contributed by atoms with van der Waals surface area (Å²) in [4.78, 5) is 49.5. The van der Waals surface area contributed by atoms with Crippen LogP contribution in [0.2, 0.25) is 0 Å². The van der Waals surface area contributed by atoms with Crippen molar-refractivity contribution in [1.29, 1.82) is 0 Å². The summed E-state index contributed by atoms with van der Waals surface area (Å²) in [5.41, 5.74) is 0.346. The van der Waals surface area contributed by atoms with E-state index >= 15 is 0 Å². The van der Waals surface area contributed by atoms with Gasteiger partial charge in [-0.2, -0.15) is 0 Å². The van der Waals surface area contributed by atoms with E-state index in [0.29, 0.717) is 13.2 Å². The van der Waals surface area contributed by atoms with Crippen LogP contribution < -0.4 is 0 Å². The number of ether oxygens (including phenoxy) is 4. The number of hydrogen-bond donors (Lipinski definition) is 0. The maximum atomic E-state index is 12.5. The monoisotopic (exact) mass is 1170 g/mol. The minimum absolute atomic E-state index is 0. The molecule has 0 aromatic heterocycles. The third-order valence-electron chi connectivity index (χ3n) is 13.7. The summed E-state index contributed by atoms with van der Waals surface area (Å²) in [6.45, 7) is 4.68. The Morgan fingerprint density at radius 1 is 0.304 bits per heavy atom. The second-order valence-electron chi connectivity index (χ2n) is 20.9. The Morgan fingerprint density at radius 3 is 0.646 bits per heavy atom. The number of benzene rings is 2. The van der Waals surface area contributed by atoms with Crippen molar-refractivity contribution >= 4 is 81.9 Å². The molecule has 0 N–H and O–H groups in total. The van der Waals surface area contributed by atoms with Crippen LogP contribution in [0, 0.1) is 0 Å². The molecule has 0 saturated carbocycles. The molecule has 79 heavy (non-hydrogen) atoms. The van der Waals surface area contributed by atoms with Gasteiger partial charge in [0.05, 0.1) is 68.9 Å². The van der Waals surface area contributed by atoms with Gasteiger partial charge in [0, 0.05) is 11.5 Å². The molecule has 0 fully saturated rings. The van der Waals surface area contributed by atoms with Crippen LogP contribution in [0.5, 0.6) is 0 Å². The van der Waals surface area contributed by atoms with Crippen LogP contribution in [0.4, 0.5) is 0 Å². The first-order valence-electron chi connectivity index (χ1n) is 30.4. The number of hydrogen-bond acceptors (Lipinski definition) is 14. The van der Waals surface area contributed by atoms with Crippen molar-refractivity contribution in [1.82, 2.24) is 0 Å². The first-order chi connectivity index (χ1) is 37.7. The molecule has 0 aliphatic heterocycles. The van der Waals surface area contributed by atoms with Crippen molar-refractivity contribution in [2.75, 3.05) is 37.9 Å². The van der Waals surface area contributed by atoms with Gasteiger partial charge in [0.25, 0.3) is 0 Å². The molecule has 0 radical (unpaired) electrons. The third kappa shape index (κ3) is 46.6. The Kier molecular flexibility index (Phi) is 50.5. The van der Waals surface area contributed by atoms with Crippen LogP contribution in [-0.2, 0) is 39.2 Å². The van der Waals surface area contributed by atoms with Gasteiger partial charge in [-0.3, -0.25) is 0 Å². The van der Waals surface area contributed by atoms with Crippen molar-refractivity contribution in [3.8, 4) is 0 Å². The summed E-state index contributed by atoms with van der Waals surface area (Å²) < 4.78 is 84.6. The van der Waals surface area contributed by atoms with E-state index in [0.717, 1.165) is 38.5 Å². The minimum atomic E-state index is -4.36. The van der Waals surface area contributed by atoms with Crippen LogP contribution in [0.1, 0.15) is 299 Å². The molecule has 14 nitrogen and oxygen atoms in total. The summed E-state index contributed by atoms with van der Waals surface area (Å²) in [5.74, 6) is -3.89. The summed E-state index contributed by atoms with van der Waals surface area (Å²) in [6, 6.07) is 12.4. The van der Waals surface area contributed by atoms with Gasteiger partial charge in [-0.25, -0.2) is 36.0 Å². The fraction of sp³-hybridized carbons (Fsp3) is 0.742. The normalized spacial score (nSPS) is 11.3. The van der Waals surface area contributed by atoms with Crippen LogP contribution in [0.25, 0.3) is 0 Å². The predicted octanol–water partition coefficient (Wildman–Crippen LogP) is 15.6. The molecule has 448 valence electrons. The fourth-order valence-corrected chi connectivity index (χ4v) is 10.1. The predicted molar refractivity (Wildman–Crippen MR) is 316 cm³/mol. The number of carbonyl (C=O) groups is 4. The molecule has 0 spiro atoms. The van der Waals surface area contributed by atoms with Gasteiger partial charge >= 0.3 is 61.6 Å². The van der Waals surface area contributed by atoms with Crippen molar-refractivity contribution in [3.63, 3.8) is 0 Å². The zero-order chi connectivity index (χ0) is 57.2. The van der Waals surface area contributed by atoms with E-state index in [9.17, 15) is 45.1 Å². The topological polar surface area (TPSA) is 220 Å². The Hall–Kier alpha value is -2.60. The molecule has 0 aliphatic rings. The Bertz CT molecular complexity index is 1920. The van der Waals surface area contributed by atoms with E-state index in [4.69, 9.17) is 18.9 Å². The molecule has 0 aliphatic carbocycles. The third-order valence-corrected chi connectivity index (χ3v) is 15.3. The van der Waals surface area contributed by atoms with E-state index in [1.165, 1.54) is 217 Å². The van der Waals surface area contributed by atoms with E-state index < -0.39 is 55.6 Å². The quantitative estimate of drug-likeness (QED) is 0.0198. The molecule has 0 bridgehead atoms. The number of unbranched alkanes of at least 4 members (excludes halogenated alkanes) is 34. The fourth-order valence-electron chi connectivity index (χ4n) is 9.13. The number of esters is 4. The van der Waals surface area contributed by atoms with Crippen LogP contribution in [-0.4, -0.2) is 125 Å². The van der Waals surface area contributed by atoms with Gasteiger partial charge in [-0.1, -0.05) is 256 Å². The first-order valence-corrected chi connectivity index (χ1v) is 33.6. The summed E-state index contributed by atoms with van der Waals surface area (Å²) in [7, 11) is -8.71. The minimum Gasteiger partial charge on any atom is -0.748 e. The van der Waals surface area contributed by atoms with Crippen LogP contribution in [0.15, 0.2) is 48.5 Å². The van der Waals surface area contributed by atoms with Crippen molar-refractivity contribution in [2.24, 2.45) is 0 Å². The van der Waals surface area contributed by atoms with E-state index in [1.807, 2.05) is 0 Å². The van der Waals surface area contributed by atoms with E-state index in [1.54, 1.807) is 24.3 Å². The molecule has 0 unspecified atom stereocenters. The van der Waals surface area contributed by atoms with Crippen molar-refractivity contribution in [3.05, 3.63) is 70.8 Å². The van der Waals surface area contributed by atoms with E-state index in [2.05, 4.69) is 13.8 Å². The smallest absolute Gasteiger partial charge is 0.748 e. The van der Waals surface area contributed by atoms with Gasteiger partial charge in [-0.15, -0.1) is 0 Å². The Labute approximate surface area is 508 Å². The zero-order valence-electron chi connectivity index (χ0n) is 49.0. The molecule has 0 saturated heterocycles. The number of rotatable bonds is 50. The molecule has 0 heterocycles. The first kappa shape index (κ1) is 76.4. The molecule has 2 rings (SSSR count). The zero-order valence-corrected chi connectivity index (χ0v) is 52.8. The molecular weight excluding hydrogens is 1070 g/mol. The average molecular weight is 1180 g/mol. The largest absolute Gasteiger partial charge is 2.00 e. The van der Waals surface area contributed by atoms with Crippen LogP contribution in [0.3, 0.4) is 0 Å². The standard InChI is InChI=1S/2C31H52O7S.Ca/c2*1-2-3-4-5-6-7-8-9-10-11-12-13-14-15-16-17-18-21-25-37-30(32)28-23-19-20-24-29(28)31(33)38-26-22-27-39(34,35)36;/h2*19-20,23-24H,2-18,21-22,25-27H2,1H3,(H,34,35,36);/q;;+2/p-2. The second kappa shape index (κ2) is 52.2. The molecule has 2 aromatic rings.